The van der Waals surface area contributed by atoms with E-state index in [1.54, 1.807) is 35.1 Å². The number of halogens is 1. The van der Waals surface area contributed by atoms with Crippen LogP contribution in [0, 0.1) is 0 Å². The first-order valence-electron chi connectivity index (χ1n) is 7.41. The fraction of sp³-hybridized carbons (Fsp3) is 0.118. The van der Waals surface area contributed by atoms with Crippen LogP contribution in [0.1, 0.15) is 18.7 Å². The highest BCUT2D eigenvalue weighted by atomic mass is 19.1. The Morgan fingerprint density at radius 1 is 1.12 bits per heavy atom. The number of anilines is 2. The van der Waals surface area contributed by atoms with Crippen LogP contribution in [-0.4, -0.2) is 21.0 Å². The number of aromatic nitrogens is 3. The van der Waals surface area contributed by atoms with Crippen molar-refractivity contribution in [3.8, 4) is 5.69 Å². The van der Waals surface area contributed by atoms with E-state index < -0.39 is 12.2 Å². The van der Waals surface area contributed by atoms with Crippen LogP contribution < -0.4 is 10.6 Å². The van der Waals surface area contributed by atoms with E-state index in [0.717, 1.165) is 5.69 Å². The molecule has 0 spiro atoms. The minimum absolute atomic E-state index is 0.311. The topological polar surface area (TPSA) is 71.8 Å². The zero-order valence-corrected chi connectivity index (χ0v) is 13.0. The molecule has 0 saturated carbocycles. The molecule has 0 fully saturated rings. The van der Waals surface area contributed by atoms with Gasteiger partial charge in [0, 0.05) is 5.69 Å². The number of carbonyl (C=O) groups is 1. The molecule has 24 heavy (non-hydrogen) atoms. The highest BCUT2D eigenvalue weighted by molar-refractivity contribution is 5.99. The van der Waals surface area contributed by atoms with Gasteiger partial charge in [-0.15, -0.1) is 5.10 Å². The van der Waals surface area contributed by atoms with E-state index in [1.165, 1.54) is 6.92 Å². The Labute approximate surface area is 138 Å². The lowest BCUT2D eigenvalue weighted by atomic mass is 10.1. The molecular formula is C17H16FN5O. The molecule has 0 aliphatic carbocycles. The lowest BCUT2D eigenvalue weighted by Gasteiger charge is -2.08. The monoisotopic (exact) mass is 325 g/mol. The largest absolute Gasteiger partial charge is 0.324 e. The van der Waals surface area contributed by atoms with Gasteiger partial charge >= 0.3 is 6.03 Å². The van der Waals surface area contributed by atoms with Gasteiger partial charge in [0.1, 0.15) is 6.17 Å². The molecule has 2 N–H and O–H groups in total. The Bertz CT molecular complexity index is 832. The molecule has 0 saturated heterocycles. The van der Waals surface area contributed by atoms with Gasteiger partial charge < -0.3 is 5.32 Å². The number of hydrogen-bond acceptors (Lipinski definition) is 3. The van der Waals surface area contributed by atoms with Gasteiger partial charge in [-0.3, -0.25) is 5.32 Å². The van der Waals surface area contributed by atoms with Crippen molar-refractivity contribution in [2.45, 2.75) is 13.1 Å². The fourth-order valence-corrected chi connectivity index (χ4v) is 2.17. The summed E-state index contributed by atoms with van der Waals surface area (Å²) in [6.45, 7) is 1.45. The first kappa shape index (κ1) is 15.7. The third kappa shape index (κ3) is 3.75. The van der Waals surface area contributed by atoms with Crippen LogP contribution in [0.4, 0.5) is 20.7 Å². The smallest absolute Gasteiger partial charge is 0.308 e. The SMILES string of the molecule is CC(F)c1cccc(NC(=O)Nc2cn(-c3ccccc3)nn2)c1. The minimum atomic E-state index is -1.10. The maximum absolute atomic E-state index is 13.3. The molecule has 0 bridgehead atoms. The molecule has 0 aliphatic heterocycles. The van der Waals surface area contributed by atoms with Crippen LogP contribution in [0.2, 0.25) is 0 Å². The van der Waals surface area contributed by atoms with Crippen LogP contribution in [0.5, 0.6) is 0 Å². The van der Waals surface area contributed by atoms with Crippen LogP contribution >= 0.6 is 0 Å². The van der Waals surface area contributed by atoms with E-state index in [1.807, 2.05) is 30.3 Å². The van der Waals surface area contributed by atoms with E-state index >= 15 is 0 Å². The van der Waals surface area contributed by atoms with Crippen LogP contribution in [0.3, 0.4) is 0 Å². The lowest BCUT2D eigenvalue weighted by molar-refractivity contribution is 0.262. The average Bonchev–Trinajstić information content (AvgIpc) is 3.04. The molecule has 6 nitrogen and oxygen atoms in total. The third-order valence-electron chi connectivity index (χ3n) is 3.36. The van der Waals surface area contributed by atoms with Crippen molar-refractivity contribution >= 4 is 17.5 Å². The van der Waals surface area contributed by atoms with Gasteiger partial charge in [0.25, 0.3) is 0 Å². The summed E-state index contributed by atoms with van der Waals surface area (Å²) in [5.74, 6) is 0.311. The number of rotatable bonds is 4. The Kier molecular flexibility index (Phi) is 4.51. The van der Waals surface area contributed by atoms with Crippen molar-refractivity contribution in [1.29, 1.82) is 0 Å². The average molecular weight is 325 g/mol. The fourth-order valence-electron chi connectivity index (χ4n) is 2.17. The minimum Gasteiger partial charge on any atom is -0.308 e. The second-order valence-electron chi connectivity index (χ2n) is 5.20. The third-order valence-corrected chi connectivity index (χ3v) is 3.36. The summed E-state index contributed by atoms with van der Waals surface area (Å²) in [4.78, 5) is 12.0. The molecule has 1 unspecified atom stereocenters. The maximum Gasteiger partial charge on any atom is 0.324 e. The summed E-state index contributed by atoms with van der Waals surface area (Å²) in [5.41, 5.74) is 1.84. The first-order valence-corrected chi connectivity index (χ1v) is 7.41. The standard InChI is InChI=1S/C17H16FN5O/c1-12(18)13-6-5-7-14(10-13)19-17(24)20-16-11-23(22-21-16)15-8-3-2-4-9-15/h2-12H,1H3,(H2,19,20,24). The summed E-state index contributed by atoms with van der Waals surface area (Å²) in [7, 11) is 0. The van der Waals surface area contributed by atoms with Gasteiger partial charge in [0.2, 0.25) is 0 Å². The summed E-state index contributed by atoms with van der Waals surface area (Å²) < 4.78 is 14.9. The number of urea groups is 1. The van der Waals surface area contributed by atoms with Crippen LogP contribution in [-0.2, 0) is 0 Å². The predicted molar refractivity (Wildman–Crippen MR) is 90.0 cm³/mol. The predicted octanol–water partition coefficient (Wildman–Crippen LogP) is 3.94. The van der Waals surface area contributed by atoms with Gasteiger partial charge in [-0.25, -0.2) is 13.9 Å². The molecule has 1 aromatic heterocycles. The first-order chi connectivity index (χ1) is 11.6. The molecule has 3 aromatic rings. The summed E-state index contributed by atoms with van der Waals surface area (Å²) in [6, 6.07) is 15.6. The van der Waals surface area contributed by atoms with Crippen molar-refractivity contribution in [3.63, 3.8) is 0 Å². The second-order valence-corrected chi connectivity index (χ2v) is 5.20. The normalized spacial score (nSPS) is 11.8. The number of nitrogens with zero attached hydrogens (tertiary/aromatic N) is 3. The number of hydrogen-bond donors (Lipinski definition) is 2. The Balaban J connectivity index is 1.65. The van der Waals surface area contributed by atoms with Crippen molar-refractivity contribution in [3.05, 3.63) is 66.4 Å². The number of amides is 2. The quantitative estimate of drug-likeness (QED) is 0.763. The van der Waals surface area contributed by atoms with E-state index in [0.29, 0.717) is 17.1 Å². The van der Waals surface area contributed by atoms with Gasteiger partial charge in [-0.05, 0) is 36.8 Å². The number of nitrogens with one attached hydrogen (secondary N) is 2. The van der Waals surface area contributed by atoms with E-state index in [4.69, 9.17) is 0 Å². The summed E-state index contributed by atoms with van der Waals surface area (Å²) in [6.07, 6.45) is 0.509. The van der Waals surface area contributed by atoms with Gasteiger partial charge in [0.05, 0.1) is 11.9 Å². The molecule has 3 rings (SSSR count). The van der Waals surface area contributed by atoms with Crippen molar-refractivity contribution in [2.24, 2.45) is 0 Å². The molecule has 1 heterocycles. The van der Waals surface area contributed by atoms with Gasteiger partial charge in [-0.2, -0.15) is 0 Å². The highest BCUT2D eigenvalue weighted by Gasteiger charge is 2.09. The zero-order chi connectivity index (χ0) is 16.9. The summed E-state index contributed by atoms with van der Waals surface area (Å²) >= 11 is 0. The maximum atomic E-state index is 13.3. The van der Waals surface area contributed by atoms with Crippen molar-refractivity contribution in [1.82, 2.24) is 15.0 Å². The Morgan fingerprint density at radius 3 is 2.67 bits per heavy atom. The molecule has 2 aromatic carbocycles. The second kappa shape index (κ2) is 6.91. The van der Waals surface area contributed by atoms with E-state index in [2.05, 4.69) is 20.9 Å². The summed E-state index contributed by atoms with van der Waals surface area (Å²) in [5, 5.41) is 13.1. The van der Waals surface area contributed by atoms with Gasteiger partial charge in [0.15, 0.2) is 5.82 Å². The Morgan fingerprint density at radius 2 is 1.92 bits per heavy atom. The molecule has 122 valence electrons. The van der Waals surface area contributed by atoms with Crippen molar-refractivity contribution in [2.75, 3.05) is 10.6 Å². The van der Waals surface area contributed by atoms with E-state index in [-0.39, 0.29) is 0 Å². The lowest BCUT2D eigenvalue weighted by Crippen LogP contribution is -2.19. The number of alkyl halides is 1. The molecule has 0 radical (unpaired) electrons. The van der Waals surface area contributed by atoms with Gasteiger partial charge in [-0.1, -0.05) is 35.5 Å². The molecule has 1 atom stereocenters. The number of carbonyl (C=O) groups excluding carboxylic acids is 1. The molecule has 0 aliphatic rings. The van der Waals surface area contributed by atoms with Crippen molar-refractivity contribution < 1.29 is 9.18 Å². The zero-order valence-electron chi connectivity index (χ0n) is 13.0. The molecule has 2 amide bonds. The number of benzene rings is 2. The molecular weight excluding hydrogens is 309 g/mol. The van der Waals surface area contributed by atoms with Crippen LogP contribution in [0.15, 0.2) is 60.8 Å². The molecule has 7 heteroatoms. The highest BCUT2D eigenvalue weighted by Crippen LogP contribution is 2.20. The Hall–Kier alpha value is -3.22. The van der Waals surface area contributed by atoms with E-state index in [9.17, 15) is 9.18 Å². The number of para-hydroxylation sites is 1. The van der Waals surface area contributed by atoms with Crippen LogP contribution in [0.25, 0.3) is 5.69 Å².